The topological polar surface area (TPSA) is 104 Å². The van der Waals surface area contributed by atoms with Gasteiger partial charge in [-0.3, -0.25) is 14.6 Å². The second-order valence-corrected chi connectivity index (χ2v) is 11.3. The van der Waals surface area contributed by atoms with Gasteiger partial charge in [-0.15, -0.1) is 0 Å². The molecular formula is C29H29ClF2N6O2. The monoisotopic (exact) mass is 566 g/mol. The molecule has 2 aliphatic heterocycles. The zero-order valence-electron chi connectivity index (χ0n) is 21.7. The average molecular weight is 567 g/mol. The molecule has 1 aliphatic carbocycles. The lowest BCUT2D eigenvalue weighted by atomic mass is 9.74. The number of halogens is 3. The molecule has 11 heteroatoms. The number of hydrogen-bond acceptors (Lipinski definition) is 6. The number of rotatable bonds is 6. The fourth-order valence-corrected chi connectivity index (χ4v) is 6.44. The lowest BCUT2D eigenvalue weighted by Gasteiger charge is -2.47. The first-order valence-electron chi connectivity index (χ1n) is 13.4. The Bertz CT molecular complexity index is 1460. The van der Waals surface area contributed by atoms with Gasteiger partial charge in [-0.25, -0.2) is 13.8 Å². The van der Waals surface area contributed by atoms with E-state index in [1.807, 2.05) is 41.3 Å². The molecule has 2 amide bonds. The second-order valence-electron chi connectivity index (χ2n) is 10.9. The Kier molecular flexibility index (Phi) is 6.82. The number of alkyl halides is 2. The predicted molar refractivity (Wildman–Crippen MR) is 149 cm³/mol. The Morgan fingerprint density at radius 1 is 1.12 bits per heavy atom. The standard InChI is InChI=1S/C29H29ClF2N6O2/c30-18-12-20(25(26(31)32)34-13-18)27(39)35-19-10-8-17(9-11-19)14-38-22-5-2-1-4-21(22)29(28(38)40)15-37(16-29)24-7-3-6-23(33)36-24/h1-7,12-13,17,19,26H,8-11,14-16H2,(H2,33,36)(H,35,39)/t17-,19-. The number of fused-ring (bicyclic) bond motifs is 2. The Morgan fingerprint density at radius 3 is 2.60 bits per heavy atom. The summed E-state index contributed by atoms with van der Waals surface area (Å²) in [7, 11) is 0. The van der Waals surface area contributed by atoms with Crippen LogP contribution < -0.4 is 20.9 Å². The summed E-state index contributed by atoms with van der Waals surface area (Å²) >= 11 is 5.91. The number of aromatic nitrogens is 2. The average Bonchev–Trinajstić information content (AvgIpc) is 3.16. The van der Waals surface area contributed by atoms with Crippen LogP contribution in [0.5, 0.6) is 0 Å². The number of nitrogens with zero attached hydrogens (tertiary/aromatic N) is 4. The van der Waals surface area contributed by atoms with Crippen LogP contribution in [-0.2, 0) is 10.2 Å². The highest BCUT2D eigenvalue weighted by molar-refractivity contribution is 6.30. The van der Waals surface area contributed by atoms with Gasteiger partial charge in [-0.05, 0) is 61.4 Å². The minimum atomic E-state index is -2.87. The van der Waals surface area contributed by atoms with Crippen LogP contribution in [0, 0.1) is 5.92 Å². The maximum absolute atomic E-state index is 13.9. The van der Waals surface area contributed by atoms with Crippen molar-refractivity contribution >= 4 is 40.7 Å². The van der Waals surface area contributed by atoms with Crippen LogP contribution >= 0.6 is 11.6 Å². The van der Waals surface area contributed by atoms with Crippen molar-refractivity contribution < 1.29 is 18.4 Å². The maximum atomic E-state index is 13.9. The molecule has 1 saturated carbocycles. The Labute approximate surface area is 235 Å². The summed E-state index contributed by atoms with van der Waals surface area (Å²) in [5, 5.41) is 3.01. The van der Waals surface area contributed by atoms with Gasteiger partial charge in [-0.2, -0.15) is 0 Å². The van der Waals surface area contributed by atoms with E-state index in [4.69, 9.17) is 17.3 Å². The highest BCUT2D eigenvalue weighted by Gasteiger charge is 2.58. The summed E-state index contributed by atoms with van der Waals surface area (Å²) in [6, 6.07) is 14.6. The van der Waals surface area contributed by atoms with E-state index in [0.717, 1.165) is 36.1 Å². The number of amides is 2. The van der Waals surface area contributed by atoms with Gasteiger partial charge in [0.2, 0.25) is 5.91 Å². The Hall–Kier alpha value is -3.79. The van der Waals surface area contributed by atoms with E-state index in [1.165, 1.54) is 6.07 Å². The fourth-order valence-electron chi connectivity index (χ4n) is 6.28. The third-order valence-corrected chi connectivity index (χ3v) is 8.53. The molecule has 3 aromatic rings. The molecule has 6 rings (SSSR count). The van der Waals surface area contributed by atoms with Gasteiger partial charge in [0.1, 0.15) is 22.7 Å². The maximum Gasteiger partial charge on any atom is 0.281 e. The van der Waals surface area contributed by atoms with E-state index in [1.54, 1.807) is 6.07 Å². The summed E-state index contributed by atoms with van der Waals surface area (Å²) in [5.74, 6) is 0.991. The summed E-state index contributed by atoms with van der Waals surface area (Å²) < 4.78 is 26.7. The highest BCUT2D eigenvalue weighted by Crippen LogP contribution is 2.49. The first-order valence-corrected chi connectivity index (χ1v) is 13.8. The van der Waals surface area contributed by atoms with Crippen LogP contribution in [0.3, 0.4) is 0 Å². The van der Waals surface area contributed by atoms with Crippen molar-refractivity contribution in [3.8, 4) is 0 Å². The minimum Gasteiger partial charge on any atom is -0.384 e. The van der Waals surface area contributed by atoms with E-state index in [0.29, 0.717) is 38.3 Å². The molecule has 1 aromatic carbocycles. The number of benzene rings is 1. The molecule has 1 saturated heterocycles. The normalized spacial score (nSPS) is 21.4. The second kappa shape index (κ2) is 10.3. The Balaban J connectivity index is 1.10. The van der Waals surface area contributed by atoms with Crippen molar-refractivity contribution in [2.75, 3.05) is 35.2 Å². The molecule has 2 fully saturated rings. The quantitative estimate of drug-likeness (QED) is 0.446. The molecule has 40 heavy (non-hydrogen) atoms. The van der Waals surface area contributed by atoms with Gasteiger partial charge in [0, 0.05) is 37.6 Å². The first-order chi connectivity index (χ1) is 19.2. The molecule has 0 atom stereocenters. The summed E-state index contributed by atoms with van der Waals surface area (Å²) in [6.07, 6.45) is 1.23. The van der Waals surface area contributed by atoms with Crippen molar-refractivity contribution in [3.63, 3.8) is 0 Å². The number of nitrogens with one attached hydrogen (secondary N) is 1. The van der Waals surface area contributed by atoms with Crippen molar-refractivity contribution in [1.82, 2.24) is 15.3 Å². The number of carbonyl (C=O) groups is 2. The lowest BCUT2D eigenvalue weighted by Crippen LogP contribution is -2.64. The molecule has 0 bridgehead atoms. The number of nitrogen functional groups attached to an aromatic ring is 1. The molecule has 0 radical (unpaired) electrons. The van der Waals surface area contributed by atoms with E-state index in [-0.39, 0.29) is 28.5 Å². The summed E-state index contributed by atoms with van der Waals surface area (Å²) in [5.41, 5.74) is 6.50. The molecule has 208 valence electrons. The van der Waals surface area contributed by atoms with Crippen LogP contribution in [0.25, 0.3) is 0 Å². The molecule has 3 N–H and O–H groups in total. The van der Waals surface area contributed by atoms with Gasteiger partial charge < -0.3 is 20.9 Å². The van der Waals surface area contributed by atoms with Crippen LogP contribution in [-0.4, -0.2) is 47.5 Å². The van der Waals surface area contributed by atoms with Crippen LogP contribution in [0.15, 0.2) is 54.7 Å². The lowest BCUT2D eigenvalue weighted by molar-refractivity contribution is -0.124. The van der Waals surface area contributed by atoms with Crippen molar-refractivity contribution in [2.24, 2.45) is 5.92 Å². The zero-order chi connectivity index (χ0) is 28.0. The van der Waals surface area contributed by atoms with Crippen molar-refractivity contribution in [2.45, 2.75) is 43.6 Å². The van der Waals surface area contributed by atoms with Crippen LogP contribution in [0.1, 0.15) is 53.7 Å². The van der Waals surface area contributed by atoms with Crippen LogP contribution in [0.4, 0.5) is 26.1 Å². The number of anilines is 3. The largest absolute Gasteiger partial charge is 0.384 e. The third-order valence-electron chi connectivity index (χ3n) is 8.33. The minimum absolute atomic E-state index is 0.109. The van der Waals surface area contributed by atoms with E-state index < -0.39 is 23.4 Å². The number of hydrogen-bond donors (Lipinski definition) is 2. The van der Waals surface area contributed by atoms with E-state index in [9.17, 15) is 18.4 Å². The number of carbonyl (C=O) groups excluding carboxylic acids is 2. The number of para-hydroxylation sites is 1. The summed E-state index contributed by atoms with van der Waals surface area (Å²) in [4.78, 5) is 38.7. The first kappa shape index (κ1) is 26.4. The Morgan fingerprint density at radius 2 is 1.88 bits per heavy atom. The number of nitrogens with two attached hydrogens (primary N) is 1. The zero-order valence-corrected chi connectivity index (χ0v) is 22.5. The van der Waals surface area contributed by atoms with Gasteiger partial charge in [0.05, 0.1) is 10.6 Å². The van der Waals surface area contributed by atoms with Crippen LogP contribution in [0.2, 0.25) is 5.02 Å². The predicted octanol–water partition coefficient (Wildman–Crippen LogP) is 4.74. The van der Waals surface area contributed by atoms with Gasteiger partial charge in [0.15, 0.2) is 0 Å². The highest BCUT2D eigenvalue weighted by atomic mass is 35.5. The molecule has 3 aliphatic rings. The molecular weight excluding hydrogens is 538 g/mol. The summed E-state index contributed by atoms with van der Waals surface area (Å²) in [6.45, 7) is 1.70. The molecule has 1 spiro atoms. The third kappa shape index (κ3) is 4.64. The molecule has 4 heterocycles. The van der Waals surface area contributed by atoms with Gasteiger partial charge in [-0.1, -0.05) is 35.9 Å². The van der Waals surface area contributed by atoms with Crippen molar-refractivity contribution in [1.29, 1.82) is 0 Å². The van der Waals surface area contributed by atoms with Crippen molar-refractivity contribution in [3.05, 3.63) is 76.6 Å². The van der Waals surface area contributed by atoms with E-state index in [2.05, 4.69) is 20.2 Å². The fraction of sp³-hybridized carbons (Fsp3) is 0.379. The smallest absolute Gasteiger partial charge is 0.281 e. The molecule has 2 aromatic heterocycles. The van der Waals surface area contributed by atoms with Gasteiger partial charge in [0.25, 0.3) is 12.3 Å². The molecule has 8 nitrogen and oxygen atoms in total. The molecule has 0 unspecified atom stereocenters. The number of pyridine rings is 2. The van der Waals surface area contributed by atoms with Gasteiger partial charge >= 0.3 is 0 Å². The van der Waals surface area contributed by atoms with E-state index >= 15 is 0 Å². The SMILES string of the molecule is Nc1cccc(N2CC3(C2)C(=O)N(C[C@H]2CC[C@H](NC(=O)c4cc(Cl)cnc4C(F)F)CC2)c2ccccc23)n1.